The van der Waals surface area contributed by atoms with Gasteiger partial charge in [-0.15, -0.1) is 0 Å². The molecular weight excluding hydrogens is 466 g/mol. The highest BCUT2D eigenvalue weighted by atomic mass is 16.3. The highest BCUT2D eigenvalue weighted by molar-refractivity contribution is 6.22. The van der Waals surface area contributed by atoms with Crippen LogP contribution in [0.2, 0.25) is 0 Å². The smallest absolute Gasteiger partial charge is 0.255 e. The van der Waals surface area contributed by atoms with Gasteiger partial charge in [-0.1, -0.05) is 39.8 Å². The van der Waals surface area contributed by atoms with E-state index in [-0.39, 0.29) is 23.3 Å². The first-order chi connectivity index (χ1) is 16.5. The van der Waals surface area contributed by atoms with Crippen molar-refractivity contribution in [3.63, 3.8) is 0 Å². The first kappa shape index (κ1) is 25.9. The Morgan fingerprint density at radius 1 is 1.19 bits per heavy atom. The second-order valence-corrected chi connectivity index (χ2v) is 11.4. The third-order valence-corrected chi connectivity index (χ3v) is 8.12. The second kappa shape index (κ2) is 8.18. The number of phenols is 1. The molecule has 3 aliphatic carbocycles. The van der Waals surface area contributed by atoms with Crippen molar-refractivity contribution in [2.24, 2.45) is 23.5 Å². The van der Waals surface area contributed by atoms with Crippen molar-refractivity contribution in [2.75, 3.05) is 0 Å². The number of hydrogen-bond donors (Lipinski definition) is 6. The molecule has 1 aromatic rings. The highest BCUT2D eigenvalue weighted by Crippen LogP contribution is 2.59. The molecule has 1 fully saturated rings. The lowest BCUT2D eigenvalue weighted by Gasteiger charge is -2.52. The Morgan fingerprint density at radius 2 is 1.81 bits per heavy atom. The molecule has 0 radical (unpaired) electrons. The van der Waals surface area contributed by atoms with Gasteiger partial charge in [-0.2, -0.15) is 0 Å². The zero-order valence-electron chi connectivity index (χ0n) is 21.0. The third kappa shape index (κ3) is 3.40. The maximum atomic E-state index is 13.9. The number of Topliss-reactive ketones (excluding diaryl/α,β-unsaturated/α-hetero) is 2. The Hall–Kier alpha value is -3.17. The number of ketones is 2. The lowest BCUT2D eigenvalue weighted by Crippen LogP contribution is -2.62. The summed E-state index contributed by atoms with van der Waals surface area (Å²) in [5, 5.41) is 55.5. The SMILES string of the molecule is CC(O)C[C@H]1[C@H]2C(=C(O)c3c(ccc(C(C)(C)C)c3O)[C@@H]2C)C(=O)[C@]2(O)C(O)=C(C(N)=O)C(=O)C[C@H]12. The Bertz CT molecular complexity index is 1250. The molecule has 7 N–H and O–H groups in total. The Labute approximate surface area is 208 Å². The van der Waals surface area contributed by atoms with Gasteiger partial charge in [0.25, 0.3) is 5.91 Å². The minimum atomic E-state index is -2.70. The maximum Gasteiger partial charge on any atom is 0.255 e. The molecule has 9 heteroatoms. The largest absolute Gasteiger partial charge is 0.508 e. The summed E-state index contributed by atoms with van der Waals surface area (Å²) in [6.07, 6.45) is -1.31. The quantitative estimate of drug-likeness (QED) is 0.343. The van der Waals surface area contributed by atoms with Gasteiger partial charge in [-0.25, -0.2) is 0 Å². The number of aliphatic hydroxyl groups is 4. The normalized spacial score (nSPS) is 31.1. The molecule has 0 heterocycles. The van der Waals surface area contributed by atoms with Crippen LogP contribution in [0.3, 0.4) is 0 Å². The van der Waals surface area contributed by atoms with Crippen molar-refractivity contribution in [3.05, 3.63) is 45.7 Å². The zero-order chi connectivity index (χ0) is 27.1. The van der Waals surface area contributed by atoms with Gasteiger partial charge in [0.15, 0.2) is 11.4 Å². The van der Waals surface area contributed by atoms with Crippen LogP contribution in [0, 0.1) is 17.8 Å². The number of phenolic OH excluding ortho intramolecular Hbond substituents is 1. The Morgan fingerprint density at radius 3 is 2.33 bits per heavy atom. The number of aliphatic hydroxyl groups excluding tert-OH is 3. The number of carbonyl (C=O) groups is 3. The van der Waals surface area contributed by atoms with Crippen LogP contribution in [0.4, 0.5) is 0 Å². The lowest BCUT2D eigenvalue weighted by molar-refractivity contribution is -0.155. The van der Waals surface area contributed by atoms with Gasteiger partial charge in [0.2, 0.25) is 5.78 Å². The van der Waals surface area contributed by atoms with Crippen LogP contribution in [0.15, 0.2) is 29.0 Å². The summed E-state index contributed by atoms with van der Waals surface area (Å²) in [4.78, 5) is 38.6. The molecule has 0 aromatic heterocycles. The number of fused-ring (bicyclic) bond motifs is 3. The van der Waals surface area contributed by atoms with Crippen LogP contribution in [-0.4, -0.2) is 54.7 Å². The molecule has 0 saturated heterocycles. The summed E-state index contributed by atoms with van der Waals surface area (Å²) < 4.78 is 0. The summed E-state index contributed by atoms with van der Waals surface area (Å²) in [6, 6.07) is 3.55. The van der Waals surface area contributed by atoms with Gasteiger partial charge in [-0.05, 0) is 36.2 Å². The number of hydrogen-bond acceptors (Lipinski definition) is 8. The molecule has 4 rings (SSSR count). The summed E-state index contributed by atoms with van der Waals surface area (Å²) in [5.74, 6) is -8.09. The van der Waals surface area contributed by atoms with Gasteiger partial charge >= 0.3 is 0 Å². The van der Waals surface area contributed by atoms with E-state index in [2.05, 4.69) is 0 Å². The minimum Gasteiger partial charge on any atom is -0.508 e. The van der Waals surface area contributed by atoms with Gasteiger partial charge in [-0.3, -0.25) is 14.4 Å². The molecule has 6 atom stereocenters. The predicted octanol–water partition coefficient (Wildman–Crippen LogP) is 2.28. The van der Waals surface area contributed by atoms with Crippen LogP contribution in [-0.2, 0) is 19.8 Å². The molecule has 9 nitrogen and oxygen atoms in total. The number of carbonyl (C=O) groups excluding carboxylic acids is 3. The van der Waals surface area contributed by atoms with Gasteiger partial charge in [0.05, 0.1) is 11.7 Å². The first-order valence-electron chi connectivity index (χ1n) is 12.1. The standard InChI is InChI=1S/C27H33NO8/c1-10(29)8-13-15-9-16(30)19(25(28)35)23(33)27(15,36)24(34)20-17(13)11(2)12-6-7-14(26(3,4)5)21(31)18(12)22(20)32/h6-7,10-11,13,15,17,29,31-33,36H,8-9H2,1-5H3,(H2,28,35)/t10?,11-,13+,15+,17-,27+/m0/s1. The number of nitrogens with two attached hydrogens (primary N) is 1. The van der Waals surface area contributed by atoms with Crippen LogP contribution in [0.25, 0.3) is 5.76 Å². The number of aromatic hydroxyl groups is 1. The van der Waals surface area contributed by atoms with Crippen LogP contribution in [0.1, 0.15) is 70.1 Å². The highest BCUT2D eigenvalue weighted by Gasteiger charge is 2.64. The summed E-state index contributed by atoms with van der Waals surface area (Å²) in [7, 11) is 0. The second-order valence-electron chi connectivity index (χ2n) is 11.4. The fourth-order valence-corrected chi connectivity index (χ4v) is 6.52. The lowest BCUT2D eigenvalue weighted by atomic mass is 9.51. The average molecular weight is 500 g/mol. The van der Waals surface area contributed by atoms with E-state index < -0.39 is 81.8 Å². The topological polar surface area (TPSA) is 178 Å². The first-order valence-corrected chi connectivity index (χ1v) is 12.1. The molecule has 0 bridgehead atoms. The predicted molar refractivity (Wildman–Crippen MR) is 130 cm³/mol. The van der Waals surface area contributed by atoms with Gasteiger partial charge in [0.1, 0.15) is 22.8 Å². The number of benzene rings is 1. The molecule has 0 aliphatic heterocycles. The van der Waals surface area contributed by atoms with Gasteiger partial charge < -0.3 is 31.3 Å². The molecule has 3 aliphatic rings. The van der Waals surface area contributed by atoms with E-state index >= 15 is 0 Å². The Balaban J connectivity index is 2.06. The number of primary amides is 1. The van der Waals surface area contributed by atoms with Crippen LogP contribution < -0.4 is 5.73 Å². The van der Waals surface area contributed by atoms with Crippen molar-refractivity contribution in [1.29, 1.82) is 0 Å². The van der Waals surface area contributed by atoms with Gasteiger partial charge in [0, 0.05) is 29.4 Å². The molecule has 0 spiro atoms. The molecule has 1 amide bonds. The van der Waals surface area contributed by atoms with E-state index in [9.17, 15) is 39.9 Å². The minimum absolute atomic E-state index is 0.0416. The van der Waals surface area contributed by atoms with E-state index in [4.69, 9.17) is 5.73 Å². The maximum absolute atomic E-state index is 13.9. The summed E-state index contributed by atoms with van der Waals surface area (Å²) >= 11 is 0. The number of amides is 1. The van der Waals surface area contributed by atoms with E-state index in [1.807, 2.05) is 27.7 Å². The van der Waals surface area contributed by atoms with E-state index in [0.29, 0.717) is 11.1 Å². The zero-order valence-corrected chi connectivity index (χ0v) is 21.0. The molecule has 1 aromatic carbocycles. The Kier molecular flexibility index (Phi) is 5.88. The van der Waals surface area contributed by atoms with E-state index in [1.165, 1.54) is 6.92 Å². The van der Waals surface area contributed by atoms with Crippen molar-refractivity contribution < 1.29 is 39.9 Å². The molecule has 1 saturated carbocycles. The average Bonchev–Trinajstić information content (AvgIpc) is 2.74. The van der Waals surface area contributed by atoms with Crippen molar-refractivity contribution in [2.45, 2.75) is 70.5 Å². The number of rotatable bonds is 3. The fourth-order valence-electron chi connectivity index (χ4n) is 6.52. The van der Waals surface area contributed by atoms with Crippen molar-refractivity contribution in [3.8, 4) is 5.75 Å². The van der Waals surface area contributed by atoms with Crippen LogP contribution >= 0.6 is 0 Å². The third-order valence-electron chi connectivity index (χ3n) is 8.12. The molecular formula is C27H33NO8. The molecule has 36 heavy (non-hydrogen) atoms. The molecule has 1 unspecified atom stereocenters. The van der Waals surface area contributed by atoms with E-state index in [0.717, 1.165) is 0 Å². The monoisotopic (exact) mass is 499 g/mol. The summed E-state index contributed by atoms with van der Waals surface area (Å²) in [6.45, 7) is 9.00. The van der Waals surface area contributed by atoms with Crippen molar-refractivity contribution >= 4 is 23.2 Å². The fraction of sp³-hybridized carbons (Fsp3) is 0.519. The summed E-state index contributed by atoms with van der Waals surface area (Å²) in [5.41, 5.74) is 2.22. The van der Waals surface area contributed by atoms with Crippen LogP contribution in [0.5, 0.6) is 5.75 Å². The van der Waals surface area contributed by atoms with Crippen molar-refractivity contribution in [1.82, 2.24) is 0 Å². The van der Waals surface area contributed by atoms with E-state index in [1.54, 1.807) is 12.1 Å². The molecule has 194 valence electrons.